The molecule has 1 N–H and O–H groups in total. The van der Waals surface area contributed by atoms with Crippen molar-refractivity contribution in [1.29, 1.82) is 0 Å². The summed E-state index contributed by atoms with van der Waals surface area (Å²) in [6.07, 6.45) is 8.15. The third kappa shape index (κ3) is 4.21. The molecular weight excluding hydrogens is 262 g/mol. The molecule has 0 spiro atoms. The quantitative estimate of drug-likeness (QED) is 0.681. The molecule has 6 heteroatoms. The van der Waals surface area contributed by atoms with Crippen LogP contribution in [-0.2, 0) is 12.3 Å². The largest absolute Gasteiger partial charge is 0.399 e. The summed E-state index contributed by atoms with van der Waals surface area (Å²) >= 11 is 5.61. The van der Waals surface area contributed by atoms with E-state index in [0.29, 0.717) is 11.7 Å². The highest BCUT2D eigenvalue weighted by atomic mass is 35.5. The summed E-state index contributed by atoms with van der Waals surface area (Å²) in [5.41, 5.74) is -1.26. The standard InChI is InChI=1S/C13H20BClN2O2/c14-13(18,8-11-16-12(9-15)19-17-11)10-6-4-2-1-3-5-7-10/h10,18H,1-9H2. The molecule has 1 unspecified atom stereocenters. The van der Waals surface area contributed by atoms with E-state index in [0.717, 1.165) is 25.7 Å². The van der Waals surface area contributed by atoms with Crippen molar-refractivity contribution in [1.82, 2.24) is 10.1 Å². The van der Waals surface area contributed by atoms with Crippen molar-refractivity contribution in [2.24, 2.45) is 5.92 Å². The topological polar surface area (TPSA) is 59.2 Å². The van der Waals surface area contributed by atoms with Crippen LogP contribution in [0.2, 0.25) is 0 Å². The van der Waals surface area contributed by atoms with Gasteiger partial charge in [0.2, 0.25) is 5.89 Å². The third-order valence-corrected chi connectivity index (χ3v) is 4.11. The highest BCUT2D eigenvalue weighted by molar-refractivity contribution is 6.16. The molecule has 1 heterocycles. The average molecular weight is 283 g/mol. The van der Waals surface area contributed by atoms with Crippen LogP contribution in [0, 0.1) is 5.92 Å². The number of alkyl halides is 1. The van der Waals surface area contributed by atoms with Crippen molar-refractivity contribution in [3.63, 3.8) is 0 Å². The van der Waals surface area contributed by atoms with Crippen LogP contribution >= 0.6 is 11.6 Å². The molecule has 1 aliphatic carbocycles. The minimum atomic E-state index is -1.26. The van der Waals surface area contributed by atoms with Gasteiger partial charge in [0.25, 0.3) is 0 Å². The molecule has 0 aromatic carbocycles. The first-order chi connectivity index (χ1) is 9.12. The summed E-state index contributed by atoms with van der Waals surface area (Å²) in [6.45, 7) is 0. The maximum Gasteiger partial charge on any atom is 0.241 e. The van der Waals surface area contributed by atoms with E-state index in [1.54, 1.807) is 0 Å². The molecule has 1 aromatic heterocycles. The molecule has 2 rings (SSSR count). The van der Waals surface area contributed by atoms with Crippen LogP contribution in [0.3, 0.4) is 0 Å². The number of rotatable bonds is 4. The number of hydrogen-bond acceptors (Lipinski definition) is 4. The Kier molecular flexibility index (Phi) is 5.28. The lowest BCUT2D eigenvalue weighted by molar-refractivity contribution is 0.0464. The van der Waals surface area contributed by atoms with Crippen molar-refractivity contribution in [2.45, 2.75) is 62.7 Å². The van der Waals surface area contributed by atoms with Crippen LogP contribution in [0.4, 0.5) is 0 Å². The first-order valence-electron chi connectivity index (χ1n) is 7.00. The third-order valence-electron chi connectivity index (χ3n) is 3.88. The molecule has 104 valence electrons. The molecular formula is C13H20BClN2O2. The van der Waals surface area contributed by atoms with Gasteiger partial charge in [-0.3, -0.25) is 0 Å². The smallest absolute Gasteiger partial charge is 0.241 e. The van der Waals surface area contributed by atoms with Gasteiger partial charge in [-0.25, -0.2) is 0 Å². The molecule has 0 aliphatic heterocycles. The first kappa shape index (κ1) is 14.9. The zero-order valence-corrected chi connectivity index (χ0v) is 11.9. The summed E-state index contributed by atoms with van der Waals surface area (Å²) in [7, 11) is 6.10. The van der Waals surface area contributed by atoms with E-state index in [-0.39, 0.29) is 18.2 Å². The summed E-state index contributed by atoms with van der Waals surface area (Å²) in [4.78, 5) is 4.10. The number of aliphatic hydroxyl groups is 1. The van der Waals surface area contributed by atoms with Crippen LogP contribution < -0.4 is 0 Å². The summed E-state index contributed by atoms with van der Waals surface area (Å²) in [5, 5.41) is 14.3. The number of aromatic nitrogens is 2. The van der Waals surface area contributed by atoms with Crippen molar-refractivity contribution in [2.75, 3.05) is 0 Å². The van der Waals surface area contributed by atoms with Gasteiger partial charge in [-0.15, -0.1) is 11.6 Å². The predicted molar refractivity (Wildman–Crippen MR) is 74.1 cm³/mol. The number of halogens is 1. The van der Waals surface area contributed by atoms with Crippen molar-refractivity contribution >= 4 is 19.4 Å². The lowest BCUT2D eigenvalue weighted by Gasteiger charge is -2.34. The fraction of sp³-hybridized carbons (Fsp3) is 0.846. The molecule has 0 bridgehead atoms. The Morgan fingerprint density at radius 1 is 1.26 bits per heavy atom. The van der Waals surface area contributed by atoms with Crippen molar-refractivity contribution in [3.05, 3.63) is 11.7 Å². The van der Waals surface area contributed by atoms with E-state index in [9.17, 15) is 5.11 Å². The predicted octanol–water partition coefficient (Wildman–Crippen LogP) is 2.57. The molecule has 19 heavy (non-hydrogen) atoms. The van der Waals surface area contributed by atoms with E-state index < -0.39 is 5.50 Å². The Morgan fingerprint density at radius 3 is 2.47 bits per heavy atom. The molecule has 1 fully saturated rings. The average Bonchev–Trinajstić information content (AvgIpc) is 2.74. The van der Waals surface area contributed by atoms with Gasteiger partial charge >= 0.3 is 0 Å². The normalized spacial score (nSPS) is 21.6. The summed E-state index contributed by atoms with van der Waals surface area (Å²) in [6, 6.07) is 0. The zero-order chi connectivity index (χ0) is 13.7. The zero-order valence-electron chi connectivity index (χ0n) is 11.1. The van der Waals surface area contributed by atoms with Gasteiger partial charge in [0, 0.05) is 11.9 Å². The maximum atomic E-state index is 10.5. The Hall–Kier alpha value is -0.545. The Bertz CT molecular complexity index is 390. The van der Waals surface area contributed by atoms with Crippen molar-refractivity contribution in [3.8, 4) is 0 Å². The molecule has 1 saturated carbocycles. The van der Waals surface area contributed by atoms with Crippen LogP contribution in [0.25, 0.3) is 0 Å². The van der Waals surface area contributed by atoms with E-state index in [4.69, 9.17) is 24.0 Å². The van der Waals surface area contributed by atoms with E-state index in [2.05, 4.69) is 10.1 Å². The highest BCUT2D eigenvalue weighted by Gasteiger charge is 2.32. The van der Waals surface area contributed by atoms with Gasteiger partial charge < -0.3 is 9.63 Å². The van der Waals surface area contributed by atoms with Gasteiger partial charge in [0.05, 0.1) is 0 Å². The lowest BCUT2D eigenvalue weighted by Crippen LogP contribution is -2.41. The second-order valence-corrected chi connectivity index (χ2v) is 5.72. The Balaban J connectivity index is 1.98. The second kappa shape index (κ2) is 6.75. The molecule has 2 radical (unpaired) electrons. The lowest BCUT2D eigenvalue weighted by atomic mass is 9.65. The Morgan fingerprint density at radius 2 is 1.89 bits per heavy atom. The monoisotopic (exact) mass is 282 g/mol. The Labute approximate surface area is 120 Å². The fourth-order valence-corrected chi connectivity index (χ4v) is 2.88. The van der Waals surface area contributed by atoms with Gasteiger partial charge in [-0.05, 0) is 18.8 Å². The van der Waals surface area contributed by atoms with Gasteiger partial charge in [0.1, 0.15) is 13.7 Å². The number of nitrogens with zero attached hydrogens (tertiary/aromatic N) is 2. The highest BCUT2D eigenvalue weighted by Crippen LogP contribution is 2.31. The maximum absolute atomic E-state index is 10.5. The minimum Gasteiger partial charge on any atom is -0.399 e. The van der Waals surface area contributed by atoms with E-state index >= 15 is 0 Å². The number of hydrogen-bond donors (Lipinski definition) is 1. The van der Waals surface area contributed by atoms with Crippen LogP contribution in [0.1, 0.15) is 56.7 Å². The van der Waals surface area contributed by atoms with Gasteiger partial charge in [-0.1, -0.05) is 37.3 Å². The molecule has 4 nitrogen and oxygen atoms in total. The first-order valence-corrected chi connectivity index (χ1v) is 7.54. The van der Waals surface area contributed by atoms with Gasteiger partial charge in [-0.2, -0.15) is 4.98 Å². The SMILES string of the molecule is [B]C(O)(Cc1noc(CCl)n1)C1CCCCCCC1. The van der Waals surface area contributed by atoms with Gasteiger partial charge in [0.15, 0.2) is 5.82 Å². The fourth-order valence-electron chi connectivity index (χ4n) is 2.77. The molecule has 1 aromatic rings. The van der Waals surface area contributed by atoms with E-state index in [1.807, 2.05) is 0 Å². The molecule has 1 atom stereocenters. The molecule has 1 aliphatic rings. The van der Waals surface area contributed by atoms with Crippen LogP contribution in [0.5, 0.6) is 0 Å². The second-order valence-electron chi connectivity index (χ2n) is 5.45. The minimum absolute atomic E-state index is 0.103. The molecule has 0 saturated heterocycles. The summed E-state index contributed by atoms with van der Waals surface area (Å²) in [5.74, 6) is 1.08. The molecule has 0 amide bonds. The van der Waals surface area contributed by atoms with E-state index in [1.165, 1.54) is 19.3 Å². The van der Waals surface area contributed by atoms with Crippen LogP contribution in [0.15, 0.2) is 4.52 Å². The summed E-state index contributed by atoms with van der Waals surface area (Å²) < 4.78 is 4.93. The van der Waals surface area contributed by atoms with Crippen molar-refractivity contribution < 1.29 is 9.63 Å². The van der Waals surface area contributed by atoms with Crippen LogP contribution in [-0.4, -0.2) is 28.6 Å².